The van der Waals surface area contributed by atoms with Gasteiger partial charge in [0.05, 0.1) is 18.3 Å². The molecule has 2 aromatic carbocycles. The van der Waals surface area contributed by atoms with Crippen LogP contribution in [0, 0.1) is 0 Å². The molecule has 8 heteroatoms. The van der Waals surface area contributed by atoms with Crippen LogP contribution >= 0.6 is 0 Å². The van der Waals surface area contributed by atoms with Gasteiger partial charge in [0.2, 0.25) is 0 Å². The van der Waals surface area contributed by atoms with Gasteiger partial charge >= 0.3 is 6.09 Å². The summed E-state index contributed by atoms with van der Waals surface area (Å²) in [6, 6.07) is 9.49. The average molecular weight is 448 g/mol. The van der Waals surface area contributed by atoms with Gasteiger partial charge in [0.1, 0.15) is 5.60 Å². The van der Waals surface area contributed by atoms with Crippen molar-refractivity contribution in [3.63, 3.8) is 0 Å². The minimum Gasteiger partial charge on any atom is -0.444 e. The Kier molecular flexibility index (Phi) is 5.12. The number of nitrogens with zero attached hydrogens (tertiary/aromatic N) is 3. The first kappa shape index (κ1) is 21.5. The monoisotopic (exact) mass is 447 g/mol. The molecule has 3 N–H and O–H groups in total. The fourth-order valence-corrected chi connectivity index (χ4v) is 4.72. The fourth-order valence-electron chi connectivity index (χ4n) is 4.72. The summed E-state index contributed by atoms with van der Waals surface area (Å²) in [5.74, 6) is -0.0770. The zero-order chi connectivity index (χ0) is 23.3. The Labute approximate surface area is 192 Å². The molecule has 172 valence electrons. The van der Waals surface area contributed by atoms with Crippen molar-refractivity contribution >= 4 is 28.5 Å². The van der Waals surface area contributed by atoms with Gasteiger partial charge in [0, 0.05) is 41.5 Å². The molecular weight excluding hydrogens is 418 g/mol. The number of piperidine rings is 1. The van der Waals surface area contributed by atoms with Gasteiger partial charge in [0.15, 0.2) is 0 Å². The van der Waals surface area contributed by atoms with Crippen molar-refractivity contribution < 1.29 is 14.3 Å². The number of aromatic nitrogens is 2. The number of likely N-dealkylation sites (tertiary alicyclic amines) is 1. The van der Waals surface area contributed by atoms with E-state index in [9.17, 15) is 9.59 Å². The van der Waals surface area contributed by atoms with Crippen molar-refractivity contribution in [2.75, 3.05) is 18.4 Å². The lowest BCUT2D eigenvalue weighted by Gasteiger charge is -2.33. The van der Waals surface area contributed by atoms with Crippen LogP contribution < -0.4 is 11.1 Å². The van der Waals surface area contributed by atoms with Crippen LogP contribution in [-0.4, -0.2) is 45.4 Å². The Bertz CT molecular complexity index is 1230. The minimum absolute atomic E-state index is 0.0770. The molecule has 1 atom stereocenters. The second-order valence-corrected chi connectivity index (χ2v) is 9.81. The lowest BCUT2D eigenvalue weighted by molar-refractivity contribution is 0.0184. The van der Waals surface area contributed by atoms with Gasteiger partial charge in [-0.05, 0) is 56.7 Å². The van der Waals surface area contributed by atoms with Gasteiger partial charge < -0.3 is 20.7 Å². The maximum atomic E-state index is 12.3. The number of ether oxygens (including phenoxy) is 1. The van der Waals surface area contributed by atoms with Crippen molar-refractivity contribution in [3.05, 3.63) is 59.4 Å². The quantitative estimate of drug-likeness (QED) is 0.626. The topological polar surface area (TPSA) is 102 Å². The van der Waals surface area contributed by atoms with E-state index in [2.05, 4.69) is 10.4 Å². The highest BCUT2D eigenvalue weighted by molar-refractivity contribution is 6.24. The largest absolute Gasteiger partial charge is 0.444 e. The van der Waals surface area contributed by atoms with Gasteiger partial charge in [-0.1, -0.05) is 18.2 Å². The van der Waals surface area contributed by atoms with Crippen molar-refractivity contribution in [3.8, 4) is 0 Å². The van der Waals surface area contributed by atoms with E-state index >= 15 is 0 Å². The van der Waals surface area contributed by atoms with Crippen LogP contribution in [0.2, 0.25) is 0 Å². The summed E-state index contributed by atoms with van der Waals surface area (Å²) < 4.78 is 7.45. The van der Waals surface area contributed by atoms with Crippen LogP contribution in [0.3, 0.4) is 0 Å². The maximum Gasteiger partial charge on any atom is 0.410 e. The van der Waals surface area contributed by atoms with Crippen molar-refractivity contribution in [1.29, 1.82) is 0 Å². The van der Waals surface area contributed by atoms with E-state index in [1.807, 2.05) is 68.2 Å². The van der Waals surface area contributed by atoms with E-state index in [1.54, 1.807) is 4.90 Å². The van der Waals surface area contributed by atoms with Crippen LogP contribution in [0.4, 0.5) is 10.5 Å². The molecule has 1 unspecified atom stereocenters. The molecule has 5 rings (SSSR count). The molecule has 3 aromatic rings. The summed E-state index contributed by atoms with van der Waals surface area (Å²) in [5, 5.41) is 9.41. The Morgan fingerprint density at radius 2 is 1.97 bits per heavy atom. The molecule has 2 aliphatic rings. The van der Waals surface area contributed by atoms with Crippen LogP contribution in [-0.2, 0) is 4.74 Å². The Hall–Kier alpha value is -3.39. The molecular formula is C25H29N5O3. The Morgan fingerprint density at radius 3 is 2.70 bits per heavy atom. The molecule has 0 radical (unpaired) electrons. The van der Waals surface area contributed by atoms with Crippen LogP contribution in [0.25, 0.3) is 10.8 Å². The number of nitrogens with two attached hydrogens (primary N) is 1. The zero-order valence-corrected chi connectivity index (χ0v) is 19.2. The van der Waals surface area contributed by atoms with E-state index < -0.39 is 5.60 Å². The molecule has 0 aliphatic carbocycles. The SMILES string of the molecule is CC(C)(C)OC(=O)N1CCC(n2cc(C(N)c3ccc4c5c(cccc35)C(=O)N4)cn2)CC1. The smallest absolute Gasteiger partial charge is 0.410 e. The Balaban J connectivity index is 1.32. The molecule has 8 nitrogen and oxygen atoms in total. The van der Waals surface area contributed by atoms with Crippen LogP contribution in [0.15, 0.2) is 42.7 Å². The molecule has 1 saturated heterocycles. The molecule has 2 aliphatic heterocycles. The highest BCUT2D eigenvalue weighted by atomic mass is 16.6. The number of carbonyl (C=O) groups excluding carboxylic acids is 2. The molecule has 0 spiro atoms. The molecule has 3 heterocycles. The molecule has 0 bridgehead atoms. The normalized spacial score (nSPS) is 17.3. The first-order chi connectivity index (χ1) is 15.7. The van der Waals surface area contributed by atoms with E-state index in [1.165, 1.54) is 0 Å². The number of anilines is 1. The molecule has 1 aromatic heterocycles. The average Bonchev–Trinajstić information content (AvgIpc) is 3.39. The standard InChI is InChI=1S/C25H29N5O3/c1-25(2,3)33-24(32)29-11-9-16(10-12-29)30-14-15(13-27-30)22(26)18-7-8-20-21-17(18)5-4-6-19(21)23(31)28-20/h4-8,13-14,16,22H,9-12,26H2,1-3H3,(H,28,31). The molecule has 2 amide bonds. The number of hydrogen-bond acceptors (Lipinski definition) is 5. The number of hydrogen-bond donors (Lipinski definition) is 2. The summed E-state index contributed by atoms with van der Waals surface area (Å²) in [6.45, 7) is 6.90. The number of rotatable bonds is 3. The van der Waals surface area contributed by atoms with Crippen molar-refractivity contribution in [2.45, 2.75) is 51.3 Å². The third kappa shape index (κ3) is 3.95. The van der Waals surface area contributed by atoms with Gasteiger partial charge in [-0.3, -0.25) is 9.48 Å². The summed E-state index contributed by atoms with van der Waals surface area (Å²) in [4.78, 5) is 26.3. The lowest BCUT2D eigenvalue weighted by atomic mass is 9.94. The highest BCUT2D eigenvalue weighted by Crippen LogP contribution is 2.38. The summed E-state index contributed by atoms with van der Waals surface area (Å²) in [6.07, 6.45) is 5.18. The van der Waals surface area contributed by atoms with Crippen molar-refractivity contribution in [1.82, 2.24) is 14.7 Å². The number of amides is 2. The van der Waals surface area contributed by atoms with E-state index in [0.717, 1.165) is 40.4 Å². The van der Waals surface area contributed by atoms with E-state index in [4.69, 9.17) is 10.5 Å². The van der Waals surface area contributed by atoms with E-state index in [0.29, 0.717) is 18.7 Å². The predicted octanol–water partition coefficient (Wildman–Crippen LogP) is 4.22. The second kappa shape index (κ2) is 7.88. The van der Waals surface area contributed by atoms with Crippen molar-refractivity contribution in [2.24, 2.45) is 5.73 Å². The highest BCUT2D eigenvalue weighted by Gasteiger charge is 2.29. The first-order valence-electron chi connectivity index (χ1n) is 11.4. The van der Waals surface area contributed by atoms with Crippen LogP contribution in [0.1, 0.15) is 67.2 Å². The molecule has 1 fully saturated rings. The summed E-state index contributed by atoms with van der Waals surface area (Å²) >= 11 is 0. The summed E-state index contributed by atoms with van der Waals surface area (Å²) in [5.41, 5.74) is 9.58. The first-order valence-corrected chi connectivity index (χ1v) is 11.4. The third-order valence-electron chi connectivity index (χ3n) is 6.37. The second-order valence-electron chi connectivity index (χ2n) is 9.81. The van der Waals surface area contributed by atoms with Gasteiger partial charge in [0.25, 0.3) is 5.91 Å². The lowest BCUT2D eigenvalue weighted by Crippen LogP contribution is -2.42. The zero-order valence-electron chi connectivity index (χ0n) is 19.2. The maximum absolute atomic E-state index is 12.3. The number of benzene rings is 2. The molecule has 33 heavy (non-hydrogen) atoms. The number of carbonyl (C=O) groups is 2. The van der Waals surface area contributed by atoms with Crippen LogP contribution in [0.5, 0.6) is 0 Å². The van der Waals surface area contributed by atoms with Gasteiger partial charge in [-0.15, -0.1) is 0 Å². The predicted molar refractivity (Wildman–Crippen MR) is 126 cm³/mol. The number of nitrogens with one attached hydrogen (secondary N) is 1. The van der Waals surface area contributed by atoms with E-state index in [-0.39, 0.29) is 24.1 Å². The summed E-state index contributed by atoms with van der Waals surface area (Å²) in [7, 11) is 0. The Morgan fingerprint density at radius 1 is 1.21 bits per heavy atom. The minimum atomic E-state index is -0.493. The van der Waals surface area contributed by atoms with Gasteiger partial charge in [-0.2, -0.15) is 5.10 Å². The third-order valence-corrected chi connectivity index (χ3v) is 6.37. The molecule has 0 saturated carbocycles. The van der Waals surface area contributed by atoms with Gasteiger partial charge in [-0.25, -0.2) is 4.79 Å². The fraction of sp³-hybridized carbons (Fsp3) is 0.400.